The molecular formula is C25H40N4O5S. The molecule has 1 unspecified atom stereocenters. The number of likely N-dealkylation sites (N-methyl/N-ethyl adjacent to an activating group) is 1. The van der Waals surface area contributed by atoms with Crippen LogP contribution in [0, 0.1) is 6.92 Å². The molecule has 3 fully saturated rings. The second kappa shape index (κ2) is 10.3. The van der Waals surface area contributed by atoms with E-state index in [0.717, 1.165) is 18.5 Å². The molecule has 9 nitrogen and oxygen atoms in total. The Morgan fingerprint density at radius 3 is 2.34 bits per heavy atom. The quantitative estimate of drug-likeness (QED) is 0.604. The zero-order chi connectivity index (χ0) is 25.5. The van der Waals surface area contributed by atoms with Gasteiger partial charge in [-0.15, -0.1) is 0 Å². The smallest absolute Gasteiger partial charge is 0.247 e. The first kappa shape index (κ1) is 26.3. The second-order valence-corrected chi connectivity index (χ2v) is 12.4. The predicted molar refractivity (Wildman–Crippen MR) is 134 cm³/mol. The molecule has 1 aromatic heterocycles. The summed E-state index contributed by atoms with van der Waals surface area (Å²) in [6, 6.07) is 2.69. The molecule has 0 aliphatic carbocycles. The van der Waals surface area contributed by atoms with E-state index in [-0.39, 0.29) is 41.1 Å². The molecule has 0 N–H and O–H groups in total. The molecule has 0 saturated carbocycles. The van der Waals surface area contributed by atoms with Crippen molar-refractivity contribution in [2.45, 2.75) is 102 Å². The van der Waals surface area contributed by atoms with Gasteiger partial charge in [0.15, 0.2) is 0 Å². The molecule has 0 aromatic carbocycles. The largest absolute Gasteiger partial charge is 0.377 e. The van der Waals surface area contributed by atoms with Crippen LogP contribution in [-0.2, 0) is 24.3 Å². The van der Waals surface area contributed by atoms with Gasteiger partial charge < -0.3 is 19.3 Å². The molecular weight excluding hydrogens is 468 g/mol. The monoisotopic (exact) mass is 508 g/mol. The normalized spacial score (nSPS) is 32.6. The number of carbonyl (C=O) groups excluding carboxylic acids is 1. The fourth-order valence-corrected chi connectivity index (χ4v) is 7.62. The number of anilines is 1. The summed E-state index contributed by atoms with van der Waals surface area (Å²) in [5, 5.41) is 0. The average molecular weight is 509 g/mol. The molecule has 1 aromatic rings. The molecule has 196 valence electrons. The molecule has 10 heteroatoms. The number of morpholine rings is 1. The van der Waals surface area contributed by atoms with E-state index in [0.29, 0.717) is 38.4 Å². The lowest BCUT2D eigenvalue weighted by atomic mass is 9.98. The van der Waals surface area contributed by atoms with Crippen molar-refractivity contribution in [1.29, 1.82) is 0 Å². The van der Waals surface area contributed by atoms with Crippen LogP contribution >= 0.6 is 0 Å². The third-order valence-electron chi connectivity index (χ3n) is 7.53. The Morgan fingerprint density at radius 2 is 1.71 bits per heavy atom. The summed E-state index contributed by atoms with van der Waals surface area (Å²) in [7, 11) is -2.14. The molecule has 3 saturated heterocycles. The molecule has 3 aliphatic rings. The van der Waals surface area contributed by atoms with Gasteiger partial charge in [-0.05, 0) is 72.4 Å². The summed E-state index contributed by atoms with van der Waals surface area (Å²) in [5.74, 6) is 0.318. The SMILES string of the molecule is Cc1ccc(S(=O)(=O)N2CCC[C@H]2C(=O)N(C)C2C[C@@H](C)O[C@@H](C)C2)c(N2[C@@H](C)COC[C@@H]2C)n1. The van der Waals surface area contributed by atoms with Crippen molar-refractivity contribution in [3.63, 3.8) is 0 Å². The number of pyridine rings is 1. The van der Waals surface area contributed by atoms with Gasteiger partial charge in [-0.2, -0.15) is 4.31 Å². The molecule has 1 amide bonds. The number of amides is 1. The molecule has 0 spiro atoms. The highest BCUT2D eigenvalue weighted by Crippen LogP contribution is 2.35. The molecule has 4 heterocycles. The Hall–Kier alpha value is -1.75. The van der Waals surface area contributed by atoms with E-state index in [1.54, 1.807) is 24.1 Å². The van der Waals surface area contributed by atoms with Crippen LogP contribution in [0.25, 0.3) is 0 Å². The number of aryl methyl sites for hydroxylation is 1. The lowest BCUT2D eigenvalue weighted by molar-refractivity contribution is -0.140. The van der Waals surface area contributed by atoms with E-state index in [9.17, 15) is 13.2 Å². The third kappa shape index (κ3) is 5.21. The Bertz CT molecular complexity index is 1010. The summed E-state index contributed by atoms with van der Waals surface area (Å²) >= 11 is 0. The Balaban J connectivity index is 1.64. The first-order chi connectivity index (χ1) is 16.5. The van der Waals surface area contributed by atoms with Gasteiger partial charge in [0, 0.05) is 25.3 Å². The number of hydrogen-bond acceptors (Lipinski definition) is 7. The van der Waals surface area contributed by atoms with Crippen LogP contribution < -0.4 is 4.90 Å². The zero-order valence-electron chi connectivity index (χ0n) is 21.8. The van der Waals surface area contributed by atoms with Crippen molar-refractivity contribution < 1.29 is 22.7 Å². The Morgan fingerprint density at radius 1 is 1.09 bits per heavy atom. The van der Waals surface area contributed by atoms with Gasteiger partial charge in [-0.3, -0.25) is 4.79 Å². The second-order valence-electron chi connectivity index (χ2n) is 10.5. The molecule has 6 atom stereocenters. The van der Waals surface area contributed by atoms with E-state index < -0.39 is 16.1 Å². The van der Waals surface area contributed by atoms with Crippen LogP contribution in [0.3, 0.4) is 0 Å². The topological polar surface area (TPSA) is 92.3 Å². The molecule has 0 bridgehead atoms. The number of rotatable bonds is 5. The van der Waals surface area contributed by atoms with Crippen LogP contribution in [0.2, 0.25) is 0 Å². The zero-order valence-corrected chi connectivity index (χ0v) is 22.6. The summed E-state index contributed by atoms with van der Waals surface area (Å²) in [6.07, 6.45) is 2.83. The molecule has 0 radical (unpaired) electrons. The summed E-state index contributed by atoms with van der Waals surface area (Å²) in [6.45, 7) is 11.3. The summed E-state index contributed by atoms with van der Waals surface area (Å²) in [4.78, 5) is 22.3. The lowest BCUT2D eigenvalue weighted by Crippen LogP contribution is -2.53. The van der Waals surface area contributed by atoms with E-state index in [4.69, 9.17) is 9.47 Å². The van der Waals surface area contributed by atoms with Crippen LogP contribution in [0.4, 0.5) is 5.82 Å². The van der Waals surface area contributed by atoms with Gasteiger partial charge in [-0.1, -0.05) is 0 Å². The van der Waals surface area contributed by atoms with Crippen molar-refractivity contribution in [3.8, 4) is 0 Å². The Kier molecular flexibility index (Phi) is 7.76. The van der Waals surface area contributed by atoms with Gasteiger partial charge >= 0.3 is 0 Å². The van der Waals surface area contributed by atoms with E-state index >= 15 is 0 Å². The van der Waals surface area contributed by atoms with Crippen molar-refractivity contribution in [2.24, 2.45) is 0 Å². The Labute approximate surface area is 209 Å². The minimum atomic E-state index is -3.95. The highest BCUT2D eigenvalue weighted by Gasteiger charge is 2.44. The summed E-state index contributed by atoms with van der Waals surface area (Å²) < 4.78 is 41.1. The average Bonchev–Trinajstić information content (AvgIpc) is 3.28. The van der Waals surface area contributed by atoms with Crippen molar-refractivity contribution in [1.82, 2.24) is 14.2 Å². The van der Waals surface area contributed by atoms with Gasteiger partial charge in [0.2, 0.25) is 15.9 Å². The molecule has 3 aliphatic heterocycles. The predicted octanol–water partition coefficient (Wildman–Crippen LogP) is 2.57. The van der Waals surface area contributed by atoms with Crippen LogP contribution in [0.15, 0.2) is 17.0 Å². The van der Waals surface area contributed by atoms with Gasteiger partial charge in [0.1, 0.15) is 16.8 Å². The number of sulfonamides is 1. The van der Waals surface area contributed by atoms with Gasteiger partial charge in [-0.25, -0.2) is 13.4 Å². The maximum Gasteiger partial charge on any atom is 0.247 e. The molecule has 35 heavy (non-hydrogen) atoms. The highest BCUT2D eigenvalue weighted by molar-refractivity contribution is 7.89. The van der Waals surface area contributed by atoms with Crippen molar-refractivity contribution in [2.75, 3.05) is 31.7 Å². The van der Waals surface area contributed by atoms with Crippen LogP contribution in [0.1, 0.15) is 59.1 Å². The van der Waals surface area contributed by atoms with Gasteiger partial charge in [0.25, 0.3) is 0 Å². The maximum absolute atomic E-state index is 14.1. The van der Waals surface area contributed by atoms with E-state index in [1.165, 1.54) is 4.31 Å². The fourth-order valence-electron chi connectivity index (χ4n) is 5.84. The van der Waals surface area contributed by atoms with E-state index in [1.807, 2.05) is 39.5 Å². The number of aromatic nitrogens is 1. The number of carbonyl (C=O) groups is 1. The van der Waals surface area contributed by atoms with Gasteiger partial charge in [0.05, 0.1) is 37.5 Å². The van der Waals surface area contributed by atoms with Crippen LogP contribution in [0.5, 0.6) is 0 Å². The first-order valence-corrected chi connectivity index (χ1v) is 14.2. The van der Waals surface area contributed by atoms with E-state index in [2.05, 4.69) is 4.98 Å². The minimum absolute atomic E-state index is 0.0124. The fraction of sp³-hybridized carbons (Fsp3) is 0.760. The lowest BCUT2D eigenvalue weighted by Gasteiger charge is -2.41. The number of nitrogens with zero attached hydrogens (tertiary/aromatic N) is 4. The standard InChI is InChI=1S/C25H40N4O5S/c1-16-9-10-23(24(26-16)29-17(2)14-33-15-18(29)3)35(31,32)28-11-7-8-22(28)25(30)27(6)21-12-19(4)34-20(5)13-21/h9-10,17-22H,7-8,11-15H2,1-6H3/t17-,18-,19-,20+,21?,22-/m0/s1. The van der Waals surface area contributed by atoms with Crippen molar-refractivity contribution >= 4 is 21.7 Å². The summed E-state index contributed by atoms with van der Waals surface area (Å²) in [5.41, 5.74) is 0.751. The maximum atomic E-state index is 14.1. The number of ether oxygens (including phenoxy) is 2. The van der Waals surface area contributed by atoms with Crippen LogP contribution in [-0.4, -0.2) is 91.7 Å². The first-order valence-electron chi connectivity index (χ1n) is 12.8. The van der Waals surface area contributed by atoms with Crippen molar-refractivity contribution in [3.05, 3.63) is 17.8 Å². The highest BCUT2D eigenvalue weighted by atomic mass is 32.2. The minimum Gasteiger partial charge on any atom is -0.377 e. The molecule has 4 rings (SSSR count). The number of hydrogen-bond donors (Lipinski definition) is 0. The third-order valence-corrected chi connectivity index (χ3v) is 9.46.